The van der Waals surface area contributed by atoms with Crippen molar-refractivity contribution in [1.29, 1.82) is 0 Å². The topological polar surface area (TPSA) is 32.3 Å². The smallest absolute Gasteiger partial charge is 0.372 e. The molecule has 1 N–H and O–H groups in total. The van der Waals surface area contributed by atoms with Crippen molar-refractivity contribution in [2.75, 3.05) is 23.3 Å². The predicted molar refractivity (Wildman–Crippen MR) is 94.8 cm³/mol. The van der Waals surface area contributed by atoms with E-state index in [1.54, 1.807) is 12.1 Å². The maximum absolute atomic E-state index is 12.5. The van der Waals surface area contributed by atoms with E-state index in [1.165, 1.54) is 0 Å². The maximum atomic E-state index is 12.5. The summed E-state index contributed by atoms with van der Waals surface area (Å²) in [6.45, 7) is 6.28. The van der Waals surface area contributed by atoms with Crippen LogP contribution in [0, 0.1) is 11.8 Å². The lowest BCUT2D eigenvalue weighted by molar-refractivity contribution is -0.153. The van der Waals surface area contributed by atoms with Gasteiger partial charge in [-0.05, 0) is 43.5 Å². The van der Waals surface area contributed by atoms with Crippen LogP contribution in [0.25, 0.3) is 0 Å². The average Bonchev–Trinajstić information content (AvgIpc) is 3.37. The van der Waals surface area contributed by atoms with E-state index in [2.05, 4.69) is 24.1 Å². The molecule has 25 heavy (non-hydrogen) atoms. The number of carbonyl (C=O) groups is 1. The van der Waals surface area contributed by atoms with E-state index in [4.69, 9.17) is 0 Å². The summed E-state index contributed by atoms with van der Waals surface area (Å²) in [7, 11) is 0. The monoisotopic (exact) mass is 356 g/mol. The van der Waals surface area contributed by atoms with Crippen molar-refractivity contribution in [2.24, 2.45) is 11.8 Å². The van der Waals surface area contributed by atoms with Crippen molar-refractivity contribution < 1.29 is 18.0 Å². The van der Waals surface area contributed by atoms with Gasteiger partial charge in [-0.2, -0.15) is 13.2 Å². The number of anilines is 2. The van der Waals surface area contributed by atoms with E-state index in [0.717, 1.165) is 44.5 Å². The summed E-state index contributed by atoms with van der Waals surface area (Å²) in [5, 5.41) is 2.60. The summed E-state index contributed by atoms with van der Waals surface area (Å²) in [5.41, 5.74) is 1.63. The number of unbranched alkanes of at least 4 members (excludes halogenated alkanes) is 2. The number of halogens is 3. The molecule has 0 spiro atoms. The average molecular weight is 356 g/mol. The Morgan fingerprint density at radius 3 is 2.12 bits per heavy atom. The number of nitrogens with one attached hydrogen (secondary N) is 1. The molecule has 1 saturated carbocycles. The largest absolute Gasteiger partial charge is 0.392 e. The number of amides is 1. The zero-order valence-electron chi connectivity index (χ0n) is 14.9. The predicted octanol–water partition coefficient (Wildman–Crippen LogP) is 5.23. The van der Waals surface area contributed by atoms with E-state index in [9.17, 15) is 18.0 Å². The van der Waals surface area contributed by atoms with E-state index >= 15 is 0 Å². The highest BCUT2D eigenvalue weighted by molar-refractivity contribution is 5.94. The third kappa shape index (κ3) is 5.65. The Kier molecular flexibility index (Phi) is 6.73. The minimum absolute atomic E-state index is 0.102. The number of nitrogens with zero attached hydrogens (tertiary/aromatic N) is 1. The third-order valence-electron chi connectivity index (χ3n) is 4.61. The second kappa shape index (κ2) is 8.59. The van der Waals surface area contributed by atoms with Crippen LogP contribution in [-0.4, -0.2) is 25.2 Å². The second-order valence-electron chi connectivity index (χ2n) is 6.72. The van der Waals surface area contributed by atoms with Crippen LogP contribution < -0.4 is 10.2 Å². The molecule has 0 radical (unpaired) electrons. The van der Waals surface area contributed by atoms with E-state index in [1.807, 2.05) is 12.1 Å². The van der Waals surface area contributed by atoms with Gasteiger partial charge in [0, 0.05) is 24.5 Å². The standard InChI is InChI=1S/C19H27F3N2O/c1-3-5-11-24(12-6-4-2)15-9-7-14(8-10-15)23-18(25)16-13-17(16)19(20,21)22/h7-10,16-17H,3-6,11-13H2,1-2H3,(H,23,25). The van der Waals surface area contributed by atoms with Crippen molar-refractivity contribution in [3.63, 3.8) is 0 Å². The number of hydrogen-bond acceptors (Lipinski definition) is 2. The Labute approximate surface area is 147 Å². The minimum atomic E-state index is -4.27. The van der Waals surface area contributed by atoms with Crippen LogP contribution in [0.5, 0.6) is 0 Å². The van der Waals surface area contributed by atoms with E-state index < -0.39 is 23.9 Å². The van der Waals surface area contributed by atoms with Gasteiger partial charge >= 0.3 is 6.18 Å². The molecule has 0 heterocycles. The molecule has 1 aliphatic carbocycles. The van der Waals surface area contributed by atoms with Gasteiger partial charge in [-0.1, -0.05) is 26.7 Å². The van der Waals surface area contributed by atoms with Crippen molar-refractivity contribution in [2.45, 2.75) is 52.1 Å². The van der Waals surface area contributed by atoms with E-state index in [-0.39, 0.29) is 6.42 Å². The van der Waals surface area contributed by atoms with E-state index in [0.29, 0.717) is 5.69 Å². The highest BCUT2D eigenvalue weighted by atomic mass is 19.4. The molecule has 0 aliphatic heterocycles. The molecule has 2 rings (SSSR count). The number of rotatable bonds is 9. The fraction of sp³-hybridized carbons (Fsp3) is 0.632. The summed E-state index contributed by atoms with van der Waals surface area (Å²) in [6.07, 6.45) is 0.0998. The Morgan fingerprint density at radius 1 is 1.12 bits per heavy atom. The molecule has 1 aliphatic rings. The SMILES string of the molecule is CCCCN(CCCC)c1ccc(NC(=O)C2CC2C(F)(F)F)cc1. The molecule has 1 amide bonds. The normalized spacial score (nSPS) is 19.6. The molecule has 140 valence electrons. The first-order valence-corrected chi connectivity index (χ1v) is 9.09. The van der Waals surface area contributed by atoms with Crippen LogP contribution in [0.15, 0.2) is 24.3 Å². The van der Waals surface area contributed by atoms with Crippen LogP contribution in [0.2, 0.25) is 0 Å². The Bertz CT molecular complexity index is 549. The second-order valence-corrected chi connectivity index (χ2v) is 6.72. The van der Waals surface area contributed by atoms with Gasteiger partial charge in [-0.3, -0.25) is 4.79 Å². The summed E-state index contributed by atoms with van der Waals surface area (Å²) >= 11 is 0. The fourth-order valence-corrected chi connectivity index (χ4v) is 2.91. The van der Waals surface area contributed by atoms with Gasteiger partial charge < -0.3 is 10.2 Å². The molecular weight excluding hydrogens is 329 g/mol. The van der Waals surface area contributed by atoms with Gasteiger partial charge in [0.15, 0.2) is 0 Å². The lowest BCUT2D eigenvalue weighted by atomic mass is 10.2. The fourth-order valence-electron chi connectivity index (χ4n) is 2.91. The Balaban J connectivity index is 1.93. The molecule has 6 heteroatoms. The lowest BCUT2D eigenvalue weighted by Crippen LogP contribution is -2.25. The van der Waals surface area contributed by atoms with Crippen LogP contribution in [0.1, 0.15) is 46.0 Å². The summed E-state index contributed by atoms with van der Waals surface area (Å²) < 4.78 is 37.6. The molecule has 2 unspecified atom stereocenters. The first kappa shape index (κ1) is 19.6. The van der Waals surface area contributed by atoms with Crippen molar-refractivity contribution in [3.05, 3.63) is 24.3 Å². The number of alkyl halides is 3. The van der Waals surface area contributed by atoms with Crippen molar-refractivity contribution in [3.8, 4) is 0 Å². The number of benzene rings is 1. The molecule has 1 aromatic carbocycles. The molecule has 0 saturated heterocycles. The summed E-state index contributed by atoms with van der Waals surface area (Å²) in [4.78, 5) is 14.2. The highest BCUT2D eigenvalue weighted by Gasteiger charge is 2.58. The minimum Gasteiger partial charge on any atom is -0.372 e. The van der Waals surface area contributed by atoms with Gasteiger partial charge in [-0.25, -0.2) is 0 Å². The van der Waals surface area contributed by atoms with Crippen LogP contribution >= 0.6 is 0 Å². The summed E-state index contributed by atoms with van der Waals surface area (Å²) in [6, 6.07) is 7.39. The molecule has 3 nitrogen and oxygen atoms in total. The van der Waals surface area contributed by atoms with Crippen molar-refractivity contribution in [1.82, 2.24) is 0 Å². The molecular formula is C19H27F3N2O. The Morgan fingerprint density at radius 2 is 1.68 bits per heavy atom. The highest BCUT2D eigenvalue weighted by Crippen LogP contribution is 2.50. The van der Waals surface area contributed by atoms with Gasteiger partial charge in [0.05, 0.1) is 11.8 Å². The first-order valence-electron chi connectivity index (χ1n) is 9.09. The molecule has 1 aromatic rings. The van der Waals surface area contributed by atoms with Crippen LogP contribution in [0.3, 0.4) is 0 Å². The lowest BCUT2D eigenvalue weighted by Gasteiger charge is -2.25. The van der Waals surface area contributed by atoms with Crippen LogP contribution in [0.4, 0.5) is 24.5 Å². The summed E-state index contributed by atoms with van der Waals surface area (Å²) in [5.74, 6) is -2.96. The quantitative estimate of drug-likeness (QED) is 0.657. The van der Waals surface area contributed by atoms with Gasteiger partial charge in [0.25, 0.3) is 0 Å². The number of hydrogen-bond donors (Lipinski definition) is 1. The first-order chi connectivity index (χ1) is 11.9. The molecule has 1 fully saturated rings. The third-order valence-corrected chi connectivity index (χ3v) is 4.61. The van der Waals surface area contributed by atoms with Crippen molar-refractivity contribution >= 4 is 17.3 Å². The Hall–Kier alpha value is -1.72. The molecule has 0 aromatic heterocycles. The van der Waals surface area contributed by atoms with Gasteiger partial charge in [-0.15, -0.1) is 0 Å². The zero-order chi connectivity index (χ0) is 18.4. The number of carbonyl (C=O) groups excluding carboxylic acids is 1. The molecule has 2 atom stereocenters. The van der Waals surface area contributed by atoms with Gasteiger partial charge in [0.1, 0.15) is 0 Å². The van der Waals surface area contributed by atoms with Gasteiger partial charge in [0.2, 0.25) is 5.91 Å². The maximum Gasteiger partial charge on any atom is 0.392 e. The zero-order valence-corrected chi connectivity index (χ0v) is 14.9. The van der Waals surface area contributed by atoms with Crippen LogP contribution in [-0.2, 0) is 4.79 Å². The molecule has 0 bridgehead atoms.